The van der Waals surface area contributed by atoms with E-state index in [1.54, 1.807) is 0 Å². The van der Waals surface area contributed by atoms with Gasteiger partial charge in [-0.1, -0.05) is 34.1 Å². The van der Waals surface area contributed by atoms with E-state index in [1.807, 2.05) is 18.2 Å². The largest absolute Gasteiger partial charge is 0.469 e. The van der Waals surface area contributed by atoms with Crippen molar-refractivity contribution in [1.82, 2.24) is 0 Å². The Morgan fingerprint density at radius 1 is 1.33 bits per heavy atom. The minimum atomic E-state index is -0.149. The number of methoxy groups -OCH3 is 1. The Balaban J connectivity index is 2.12. The number of alkyl halides is 1. The first-order valence-electron chi connectivity index (χ1n) is 5.90. The highest BCUT2D eigenvalue weighted by atomic mass is 79.9. The molecule has 0 bridgehead atoms. The van der Waals surface area contributed by atoms with Crippen LogP contribution in [0.25, 0.3) is 0 Å². The number of hydrogen-bond donors (Lipinski definition) is 0. The van der Waals surface area contributed by atoms with Crippen molar-refractivity contribution >= 4 is 27.7 Å². The van der Waals surface area contributed by atoms with Gasteiger partial charge in [-0.2, -0.15) is 0 Å². The molecule has 96 valence electrons. The number of carbonyl (C=O) groups excluding carboxylic acids is 2. The van der Waals surface area contributed by atoms with E-state index in [1.165, 1.54) is 18.2 Å². The van der Waals surface area contributed by atoms with E-state index in [0.717, 1.165) is 18.4 Å². The number of ether oxygens (including phenoxy) is 1. The van der Waals surface area contributed by atoms with Gasteiger partial charge in [0.15, 0.2) is 0 Å². The van der Waals surface area contributed by atoms with Gasteiger partial charge in [0.25, 0.3) is 0 Å². The van der Waals surface area contributed by atoms with Crippen LogP contribution in [0.5, 0.6) is 0 Å². The van der Waals surface area contributed by atoms with Crippen molar-refractivity contribution in [1.29, 1.82) is 0 Å². The van der Waals surface area contributed by atoms with E-state index in [0.29, 0.717) is 11.8 Å². The monoisotopic (exact) mass is 310 g/mol. The molecule has 0 radical (unpaired) electrons. The number of halogens is 1. The molecule has 1 aliphatic carbocycles. The first-order valence-corrected chi connectivity index (χ1v) is 7.02. The number of esters is 1. The van der Waals surface area contributed by atoms with Gasteiger partial charge in [-0.05, 0) is 29.5 Å². The topological polar surface area (TPSA) is 43.4 Å². The van der Waals surface area contributed by atoms with Crippen molar-refractivity contribution < 1.29 is 14.3 Å². The van der Waals surface area contributed by atoms with Crippen LogP contribution in [0.1, 0.15) is 16.7 Å². The normalized spacial score (nSPS) is 17.3. The SMILES string of the molecule is COC(=O)C1Cc2ccc(CC(=O)CBr)cc2C1. The predicted molar refractivity (Wildman–Crippen MR) is 71.9 cm³/mol. The molecule has 1 aromatic carbocycles. The van der Waals surface area contributed by atoms with Crippen LogP contribution < -0.4 is 0 Å². The van der Waals surface area contributed by atoms with Gasteiger partial charge in [0, 0.05) is 6.42 Å². The van der Waals surface area contributed by atoms with Gasteiger partial charge >= 0.3 is 5.97 Å². The molecule has 0 heterocycles. The zero-order valence-electron chi connectivity index (χ0n) is 10.2. The minimum Gasteiger partial charge on any atom is -0.469 e. The summed E-state index contributed by atoms with van der Waals surface area (Å²) in [6.45, 7) is 0. The fourth-order valence-corrected chi connectivity index (χ4v) is 2.59. The number of benzene rings is 1. The summed E-state index contributed by atoms with van der Waals surface area (Å²) in [6, 6.07) is 6.03. The van der Waals surface area contributed by atoms with Crippen molar-refractivity contribution in [3.63, 3.8) is 0 Å². The number of fused-ring (bicyclic) bond motifs is 1. The van der Waals surface area contributed by atoms with Crippen molar-refractivity contribution in [3.05, 3.63) is 34.9 Å². The van der Waals surface area contributed by atoms with Gasteiger partial charge in [-0.15, -0.1) is 0 Å². The molecule has 0 amide bonds. The van der Waals surface area contributed by atoms with Crippen LogP contribution in [0, 0.1) is 5.92 Å². The Morgan fingerprint density at radius 2 is 2.06 bits per heavy atom. The molecular weight excluding hydrogens is 296 g/mol. The standard InChI is InChI=1S/C14H15BrO3/c1-18-14(17)12-6-10-3-2-9(4-11(10)7-12)5-13(16)8-15/h2-4,12H,5-8H2,1H3. The van der Waals surface area contributed by atoms with Crippen LogP contribution in [-0.4, -0.2) is 24.2 Å². The third-order valence-electron chi connectivity index (χ3n) is 3.29. The fourth-order valence-electron chi connectivity index (χ4n) is 2.39. The molecular formula is C14H15BrO3. The molecule has 1 aliphatic rings. The molecule has 0 fully saturated rings. The molecule has 1 atom stereocenters. The van der Waals surface area contributed by atoms with E-state index < -0.39 is 0 Å². The summed E-state index contributed by atoms with van der Waals surface area (Å²) in [5, 5.41) is 0.384. The number of carbonyl (C=O) groups is 2. The smallest absolute Gasteiger partial charge is 0.309 e. The van der Waals surface area contributed by atoms with Crippen molar-refractivity contribution in [2.75, 3.05) is 12.4 Å². The quantitative estimate of drug-likeness (QED) is 0.632. The Hall–Kier alpha value is -1.16. The summed E-state index contributed by atoms with van der Waals surface area (Å²) < 4.78 is 4.78. The Morgan fingerprint density at radius 3 is 2.72 bits per heavy atom. The number of Topliss-reactive ketones (excluding diaryl/α,β-unsaturated/α-hetero) is 1. The third kappa shape index (κ3) is 2.80. The van der Waals surface area contributed by atoms with Crippen LogP contribution in [0.4, 0.5) is 0 Å². The second-order valence-corrected chi connectivity index (χ2v) is 5.14. The van der Waals surface area contributed by atoms with E-state index in [4.69, 9.17) is 4.74 Å². The highest BCUT2D eigenvalue weighted by molar-refractivity contribution is 9.09. The molecule has 18 heavy (non-hydrogen) atoms. The van der Waals surface area contributed by atoms with E-state index >= 15 is 0 Å². The molecule has 0 aliphatic heterocycles. The maximum absolute atomic E-state index is 11.5. The molecule has 0 saturated carbocycles. The Kier molecular flexibility index (Phi) is 4.17. The second kappa shape index (κ2) is 5.65. The first-order chi connectivity index (χ1) is 8.63. The lowest BCUT2D eigenvalue weighted by Gasteiger charge is -2.04. The summed E-state index contributed by atoms with van der Waals surface area (Å²) in [5.74, 6) is -0.0473. The molecule has 0 aromatic heterocycles. The van der Waals surface area contributed by atoms with E-state index in [2.05, 4.69) is 15.9 Å². The summed E-state index contributed by atoms with van der Waals surface area (Å²) >= 11 is 3.16. The van der Waals surface area contributed by atoms with E-state index in [-0.39, 0.29) is 17.7 Å². The number of hydrogen-bond acceptors (Lipinski definition) is 3. The molecule has 1 unspecified atom stereocenters. The number of rotatable bonds is 4. The molecule has 3 nitrogen and oxygen atoms in total. The average Bonchev–Trinajstić information content (AvgIpc) is 2.80. The average molecular weight is 311 g/mol. The molecule has 1 aromatic rings. The molecule has 0 spiro atoms. The Labute approximate surface area is 115 Å². The van der Waals surface area contributed by atoms with Gasteiger partial charge in [-0.3, -0.25) is 9.59 Å². The maximum Gasteiger partial charge on any atom is 0.309 e. The van der Waals surface area contributed by atoms with Gasteiger partial charge in [0.1, 0.15) is 5.78 Å². The second-order valence-electron chi connectivity index (χ2n) is 4.58. The van der Waals surface area contributed by atoms with Crippen LogP contribution in [0.2, 0.25) is 0 Å². The van der Waals surface area contributed by atoms with Crippen molar-refractivity contribution in [3.8, 4) is 0 Å². The van der Waals surface area contributed by atoms with E-state index in [9.17, 15) is 9.59 Å². The summed E-state index contributed by atoms with van der Waals surface area (Å²) in [5.41, 5.74) is 3.38. The molecule has 0 N–H and O–H groups in total. The summed E-state index contributed by atoms with van der Waals surface area (Å²) in [6.07, 6.45) is 1.91. The van der Waals surface area contributed by atoms with Gasteiger partial charge in [0.2, 0.25) is 0 Å². The molecule has 0 saturated heterocycles. The van der Waals surface area contributed by atoms with Crippen molar-refractivity contribution in [2.45, 2.75) is 19.3 Å². The lowest BCUT2D eigenvalue weighted by atomic mass is 10.0. The predicted octanol–water partition coefficient (Wildman–Crippen LogP) is 2.08. The fraction of sp³-hybridized carbons (Fsp3) is 0.429. The van der Waals surface area contributed by atoms with Gasteiger partial charge in [0.05, 0.1) is 18.4 Å². The maximum atomic E-state index is 11.5. The highest BCUT2D eigenvalue weighted by Gasteiger charge is 2.28. The highest BCUT2D eigenvalue weighted by Crippen LogP contribution is 2.28. The third-order valence-corrected chi connectivity index (χ3v) is 3.91. The lowest BCUT2D eigenvalue weighted by molar-refractivity contribution is -0.145. The van der Waals surface area contributed by atoms with Crippen molar-refractivity contribution in [2.24, 2.45) is 5.92 Å². The first kappa shape index (κ1) is 13.3. The summed E-state index contributed by atoms with van der Waals surface area (Å²) in [7, 11) is 1.42. The van der Waals surface area contributed by atoms with Crippen LogP contribution >= 0.6 is 15.9 Å². The van der Waals surface area contributed by atoms with Crippen LogP contribution in [0.3, 0.4) is 0 Å². The minimum absolute atomic E-state index is 0.0628. The zero-order chi connectivity index (χ0) is 13.1. The number of ketones is 1. The van der Waals surface area contributed by atoms with Gasteiger partial charge in [-0.25, -0.2) is 0 Å². The Bertz CT molecular complexity index is 482. The van der Waals surface area contributed by atoms with Crippen LogP contribution in [-0.2, 0) is 33.6 Å². The van der Waals surface area contributed by atoms with Gasteiger partial charge < -0.3 is 4.74 Å². The molecule has 2 rings (SSSR count). The zero-order valence-corrected chi connectivity index (χ0v) is 11.8. The lowest BCUT2D eigenvalue weighted by Crippen LogP contribution is -2.15. The van der Waals surface area contributed by atoms with Crippen LogP contribution in [0.15, 0.2) is 18.2 Å². The summed E-state index contributed by atoms with van der Waals surface area (Å²) in [4.78, 5) is 22.9. The molecule has 4 heteroatoms.